The molecular formula is C18H23N3O3. The Kier molecular flexibility index (Phi) is 5.51. The first-order valence-electron chi connectivity index (χ1n) is 7.94. The van der Waals surface area contributed by atoms with Gasteiger partial charge in [-0.1, -0.05) is 30.3 Å². The van der Waals surface area contributed by atoms with Gasteiger partial charge in [0, 0.05) is 24.7 Å². The number of amides is 1. The Labute approximate surface area is 141 Å². The second kappa shape index (κ2) is 7.40. The van der Waals surface area contributed by atoms with E-state index in [9.17, 15) is 14.7 Å². The van der Waals surface area contributed by atoms with E-state index in [0.29, 0.717) is 12.2 Å². The molecule has 0 fully saturated rings. The van der Waals surface area contributed by atoms with Gasteiger partial charge in [-0.05, 0) is 26.8 Å². The van der Waals surface area contributed by atoms with Crippen molar-refractivity contribution in [1.29, 1.82) is 0 Å². The maximum atomic E-state index is 12.4. The number of benzene rings is 1. The van der Waals surface area contributed by atoms with Crippen molar-refractivity contribution in [2.24, 2.45) is 0 Å². The minimum absolute atomic E-state index is 0.149. The van der Waals surface area contributed by atoms with Gasteiger partial charge >= 0.3 is 0 Å². The zero-order chi connectivity index (χ0) is 17.7. The summed E-state index contributed by atoms with van der Waals surface area (Å²) in [5.74, 6) is -0.251. The lowest BCUT2D eigenvalue weighted by atomic mass is 10.1. The van der Waals surface area contributed by atoms with Gasteiger partial charge in [-0.3, -0.25) is 9.59 Å². The van der Waals surface area contributed by atoms with Crippen molar-refractivity contribution in [1.82, 2.24) is 14.7 Å². The first-order valence-corrected chi connectivity index (χ1v) is 7.94. The van der Waals surface area contributed by atoms with Gasteiger partial charge in [0.25, 0.3) is 5.56 Å². The van der Waals surface area contributed by atoms with Crippen molar-refractivity contribution >= 4 is 5.91 Å². The summed E-state index contributed by atoms with van der Waals surface area (Å²) in [5.41, 5.74) is 0.189. The molecule has 1 N–H and O–H groups in total. The summed E-state index contributed by atoms with van der Waals surface area (Å²) in [7, 11) is 0. The Morgan fingerprint density at radius 3 is 2.46 bits per heavy atom. The number of hydrogen-bond donors (Lipinski definition) is 1. The highest BCUT2D eigenvalue weighted by atomic mass is 16.3. The summed E-state index contributed by atoms with van der Waals surface area (Å²) in [5, 5.41) is 14.2. The van der Waals surface area contributed by atoms with Gasteiger partial charge in [-0.2, -0.15) is 5.10 Å². The molecule has 0 aliphatic heterocycles. The molecule has 0 atom stereocenters. The van der Waals surface area contributed by atoms with Crippen LogP contribution in [0.2, 0.25) is 0 Å². The lowest BCUT2D eigenvalue weighted by Gasteiger charge is -2.28. The fourth-order valence-electron chi connectivity index (χ4n) is 2.40. The van der Waals surface area contributed by atoms with Crippen LogP contribution < -0.4 is 5.56 Å². The maximum Gasteiger partial charge on any atom is 0.267 e. The third kappa shape index (κ3) is 4.76. The van der Waals surface area contributed by atoms with E-state index in [2.05, 4.69) is 5.10 Å². The van der Waals surface area contributed by atoms with Crippen LogP contribution in [0.3, 0.4) is 0 Å². The summed E-state index contributed by atoms with van der Waals surface area (Å²) >= 11 is 0. The van der Waals surface area contributed by atoms with Gasteiger partial charge in [0.15, 0.2) is 0 Å². The second-order valence-corrected chi connectivity index (χ2v) is 6.30. The van der Waals surface area contributed by atoms with Crippen LogP contribution in [0.25, 0.3) is 11.3 Å². The molecule has 24 heavy (non-hydrogen) atoms. The molecule has 0 spiro atoms. The van der Waals surface area contributed by atoms with Crippen molar-refractivity contribution in [3.8, 4) is 11.3 Å². The number of rotatable bonds is 6. The van der Waals surface area contributed by atoms with E-state index in [-0.39, 0.29) is 24.6 Å². The molecule has 0 aliphatic rings. The highest BCUT2D eigenvalue weighted by Gasteiger charge is 2.22. The summed E-state index contributed by atoms with van der Waals surface area (Å²) in [6, 6.07) is 12.5. The molecule has 1 heterocycles. The molecule has 1 amide bonds. The average molecular weight is 329 g/mol. The van der Waals surface area contributed by atoms with E-state index in [4.69, 9.17) is 0 Å². The number of nitrogens with zero attached hydrogens (tertiary/aromatic N) is 3. The van der Waals surface area contributed by atoms with Gasteiger partial charge in [-0.25, -0.2) is 4.68 Å². The molecule has 128 valence electrons. The minimum atomic E-state index is -0.990. The molecule has 0 aliphatic carbocycles. The van der Waals surface area contributed by atoms with Crippen LogP contribution in [-0.4, -0.2) is 44.4 Å². The summed E-state index contributed by atoms with van der Waals surface area (Å²) < 4.78 is 1.16. The van der Waals surface area contributed by atoms with Crippen LogP contribution in [-0.2, 0) is 11.3 Å². The van der Waals surface area contributed by atoms with Gasteiger partial charge in [-0.15, -0.1) is 0 Å². The standard InChI is InChI=1S/C18H23N3O3/c1-4-20(13-18(2,3)24)17(23)12-21-16(22)11-10-15(19-21)14-8-6-5-7-9-14/h5-11,24H,4,12-13H2,1-3H3. The smallest absolute Gasteiger partial charge is 0.267 e. The fourth-order valence-corrected chi connectivity index (χ4v) is 2.40. The fraction of sp³-hybridized carbons (Fsp3) is 0.389. The molecule has 0 unspecified atom stereocenters. The van der Waals surface area contributed by atoms with Crippen molar-refractivity contribution in [3.63, 3.8) is 0 Å². The second-order valence-electron chi connectivity index (χ2n) is 6.30. The predicted octanol–water partition coefficient (Wildman–Crippen LogP) is 1.53. The van der Waals surface area contributed by atoms with E-state index >= 15 is 0 Å². The van der Waals surface area contributed by atoms with Crippen molar-refractivity contribution in [2.45, 2.75) is 32.9 Å². The highest BCUT2D eigenvalue weighted by molar-refractivity contribution is 5.76. The van der Waals surface area contributed by atoms with Crippen molar-refractivity contribution in [2.75, 3.05) is 13.1 Å². The Morgan fingerprint density at radius 1 is 1.21 bits per heavy atom. The third-order valence-electron chi connectivity index (χ3n) is 3.53. The lowest BCUT2D eigenvalue weighted by molar-refractivity contribution is -0.134. The van der Waals surface area contributed by atoms with Crippen LogP contribution in [0.15, 0.2) is 47.3 Å². The van der Waals surface area contributed by atoms with E-state index in [1.54, 1.807) is 19.9 Å². The molecule has 0 saturated heterocycles. The third-order valence-corrected chi connectivity index (χ3v) is 3.53. The zero-order valence-electron chi connectivity index (χ0n) is 14.3. The Balaban J connectivity index is 2.23. The number of carbonyl (C=O) groups excluding carboxylic acids is 1. The van der Waals surface area contributed by atoms with Gasteiger partial charge < -0.3 is 10.0 Å². The zero-order valence-corrected chi connectivity index (χ0v) is 14.3. The highest BCUT2D eigenvalue weighted by Crippen LogP contribution is 2.14. The van der Waals surface area contributed by atoms with Gasteiger partial charge in [0.2, 0.25) is 5.91 Å². The Morgan fingerprint density at radius 2 is 1.88 bits per heavy atom. The number of hydrogen-bond acceptors (Lipinski definition) is 4. The molecule has 0 saturated carbocycles. The van der Waals surface area contributed by atoms with Gasteiger partial charge in [0.05, 0.1) is 11.3 Å². The Hall–Kier alpha value is -2.47. The number of likely N-dealkylation sites (N-methyl/N-ethyl adjacent to an activating group) is 1. The molecule has 2 aromatic rings. The normalized spacial score (nSPS) is 11.3. The molecule has 0 bridgehead atoms. The van der Waals surface area contributed by atoms with Crippen molar-refractivity contribution < 1.29 is 9.90 Å². The van der Waals surface area contributed by atoms with E-state index < -0.39 is 5.60 Å². The van der Waals surface area contributed by atoms with Crippen molar-refractivity contribution in [3.05, 3.63) is 52.8 Å². The molecule has 6 nitrogen and oxygen atoms in total. The van der Waals surface area contributed by atoms with Crippen LogP contribution in [0.4, 0.5) is 0 Å². The summed E-state index contributed by atoms with van der Waals surface area (Å²) in [6.07, 6.45) is 0. The quantitative estimate of drug-likeness (QED) is 0.872. The predicted molar refractivity (Wildman–Crippen MR) is 92.5 cm³/mol. The SMILES string of the molecule is CCN(CC(C)(C)O)C(=O)Cn1nc(-c2ccccc2)ccc1=O. The molecule has 1 aromatic heterocycles. The topological polar surface area (TPSA) is 75.4 Å². The summed E-state index contributed by atoms with van der Waals surface area (Å²) in [6.45, 7) is 5.63. The maximum absolute atomic E-state index is 12.4. The number of carbonyl (C=O) groups is 1. The van der Waals surface area contributed by atoms with Gasteiger partial charge in [0.1, 0.15) is 6.54 Å². The molecule has 2 rings (SSSR count). The molecular weight excluding hydrogens is 306 g/mol. The first-order chi connectivity index (χ1) is 11.3. The average Bonchev–Trinajstić information content (AvgIpc) is 2.54. The first kappa shape index (κ1) is 17.9. The van der Waals surface area contributed by atoms with E-state index in [1.165, 1.54) is 11.0 Å². The number of aliphatic hydroxyl groups is 1. The molecule has 0 radical (unpaired) electrons. The van der Waals surface area contributed by atoms with Crippen LogP contribution in [0.5, 0.6) is 0 Å². The largest absolute Gasteiger partial charge is 0.389 e. The molecule has 6 heteroatoms. The van der Waals surface area contributed by atoms with E-state index in [1.807, 2.05) is 37.3 Å². The lowest BCUT2D eigenvalue weighted by Crippen LogP contribution is -2.44. The van der Waals surface area contributed by atoms with Crippen LogP contribution in [0.1, 0.15) is 20.8 Å². The van der Waals surface area contributed by atoms with Crippen LogP contribution in [0, 0.1) is 0 Å². The number of aromatic nitrogens is 2. The minimum Gasteiger partial charge on any atom is -0.389 e. The van der Waals surface area contributed by atoms with Crippen LogP contribution >= 0.6 is 0 Å². The summed E-state index contributed by atoms with van der Waals surface area (Å²) in [4.78, 5) is 26.0. The van der Waals surface area contributed by atoms with E-state index in [0.717, 1.165) is 10.2 Å². The monoisotopic (exact) mass is 329 g/mol. The molecule has 1 aromatic carbocycles. The Bertz CT molecular complexity index is 748.